The largest absolute Gasteiger partial charge is 0.502 e. The van der Waals surface area contributed by atoms with Crippen molar-refractivity contribution in [3.8, 4) is 17.2 Å². The number of nitrogens with two attached hydrogens (primary N) is 1. The number of benzene rings is 2. The van der Waals surface area contributed by atoms with E-state index in [0.29, 0.717) is 17.4 Å². The molecular weight excluding hydrogens is 467 g/mol. The maximum absolute atomic E-state index is 14.5. The molecule has 29 heavy (non-hydrogen) atoms. The number of nitrogen functional groups attached to an aromatic ring is 1. The first-order valence-electron chi connectivity index (χ1n) is 8.11. The highest BCUT2D eigenvalue weighted by atomic mass is 79.9. The van der Waals surface area contributed by atoms with E-state index in [1.54, 1.807) is 0 Å². The van der Waals surface area contributed by atoms with Crippen molar-refractivity contribution in [3.05, 3.63) is 50.6 Å². The Balaban J connectivity index is 2.08. The molecule has 0 unspecified atom stereocenters. The highest BCUT2D eigenvalue weighted by molar-refractivity contribution is 9.10. The zero-order valence-electron chi connectivity index (χ0n) is 15.2. The molecular formula is C19H14BrFN2O5S. The zero-order chi connectivity index (χ0) is 21.5. The first-order valence-corrected chi connectivity index (χ1v) is 9.72. The van der Waals surface area contributed by atoms with Gasteiger partial charge in [-0.3, -0.25) is 19.3 Å². The lowest BCUT2D eigenvalue weighted by Crippen LogP contribution is -2.22. The first-order chi connectivity index (χ1) is 13.6. The van der Waals surface area contributed by atoms with Gasteiger partial charge in [-0.15, -0.1) is 0 Å². The minimum Gasteiger partial charge on any atom is -0.502 e. The molecule has 3 N–H and O–H groups in total. The number of carbonyl (C=O) groups is 3. The van der Waals surface area contributed by atoms with Crippen molar-refractivity contribution >= 4 is 56.4 Å². The molecule has 0 saturated carbocycles. The second kappa shape index (κ2) is 7.88. The van der Waals surface area contributed by atoms with E-state index in [4.69, 9.17) is 10.5 Å². The van der Waals surface area contributed by atoms with Gasteiger partial charge >= 0.3 is 0 Å². The maximum Gasteiger partial charge on any atom is 0.293 e. The molecule has 10 heteroatoms. The molecule has 3 rings (SSSR count). The Kier molecular flexibility index (Phi) is 5.67. The minimum atomic E-state index is -1.02. The number of ketones is 1. The van der Waals surface area contributed by atoms with Crippen molar-refractivity contribution in [1.29, 1.82) is 0 Å². The lowest BCUT2D eigenvalue weighted by molar-refractivity contribution is -0.121. The molecule has 0 spiro atoms. The van der Waals surface area contributed by atoms with E-state index >= 15 is 0 Å². The number of ether oxygens (including phenoxy) is 1. The molecule has 150 valence electrons. The number of carbonyl (C=O) groups excluding carboxylic acids is 3. The van der Waals surface area contributed by atoms with Crippen molar-refractivity contribution in [1.82, 2.24) is 4.90 Å². The second-order valence-corrected chi connectivity index (χ2v) is 7.88. The molecule has 0 atom stereocenters. The molecule has 1 aliphatic heterocycles. The number of aromatic hydroxyl groups is 1. The molecule has 1 fully saturated rings. The highest BCUT2D eigenvalue weighted by Crippen LogP contribution is 2.42. The van der Waals surface area contributed by atoms with Crippen LogP contribution in [0.3, 0.4) is 0 Å². The van der Waals surface area contributed by atoms with Gasteiger partial charge < -0.3 is 15.6 Å². The molecule has 1 saturated heterocycles. The fraction of sp³-hybridized carbons (Fsp3) is 0.105. The van der Waals surface area contributed by atoms with Crippen LogP contribution in [0.5, 0.6) is 17.2 Å². The SMILES string of the molecule is CC(=O)c1cc(N)ccc1Oc1cc(/C=C2\SC(=O)N(C)C2=O)c(Br)c(F)c1O. The Labute approximate surface area is 177 Å². The highest BCUT2D eigenvalue weighted by Gasteiger charge is 2.32. The van der Waals surface area contributed by atoms with Crippen LogP contribution in [0.25, 0.3) is 6.08 Å². The normalized spacial score (nSPS) is 15.3. The topological polar surface area (TPSA) is 110 Å². The molecule has 2 aromatic carbocycles. The van der Waals surface area contributed by atoms with Crippen LogP contribution in [-0.2, 0) is 4.79 Å². The average Bonchev–Trinajstić information content (AvgIpc) is 2.91. The van der Waals surface area contributed by atoms with Gasteiger partial charge in [0.2, 0.25) is 0 Å². The number of imide groups is 1. The predicted molar refractivity (Wildman–Crippen MR) is 110 cm³/mol. The van der Waals surface area contributed by atoms with Gasteiger partial charge in [0.1, 0.15) is 5.75 Å². The van der Waals surface area contributed by atoms with Crippen LogP contribution in [-0.4, -0.2) is 34.0 Å². The van der Waals surface area contributed by atoms with Crippen LogP contribution >= 0.6 is 27.7 Å². The molecule has 0 aromatic heterocycles. The molecule has 0 radical (unpaired) electrons. The predicted octanol–water partition coefficient (Wildman–Crippen LogP) is 4.54. The summed E-state index contributed by atoms with van der Waals surface area (Å²) in [6.45, 7) is 1.32. The van der Waals surface area contributed by atoms with Crippen molar-refractivity contribution in [2.45, 2.75) is 6.92 Å². The number of Topliss-reactive ketones (excluding diaryl/α,β-unsaturated/α-hetero) is 1. The number of rotatable bonds is 4. The molecule has 1 heterocycles. The third-order valence-electron chi connectivity index (χ3n) is 4.05. The Bertz CT molecular complexity index is 1100. The number of hydrogen-bond donors (Lipinski definition) is 2. The molecule has 1 aliphatic rings. The summed E-state index contributed by atoms with van der Waals surface area (Å²) in [5.74, 6) is -2.88. The van der Waals surface area contributed by atoms with E-state index < -0.39 is 22.7 Å². The van der Waals surface area contributed by atoms with Gasteiger partial charge in [-0.25, -0.2) is 4.39 Å². The van der Waals surface area contributed by atoms with Crippen molar-refractivity contribution in [2.75, 3.05) is 12.8 Å². The second-order valence-electron chi connectivity index (χ2n) is 6.10. The summed E-state index contributed by atoms with van der Waals surface area (Å²) in [6, 6.07) is 5.61. The van der Waals surface area contributed by atoms with Gasteiger partial charge in [0.15, 0.2) is 23.1 Å². The summed E-state index contributed by atoms with van der Waals surface area (Å²) in [4.78, 5) is 36.6. The summed E-state index contributed by atoms with van der Waals surface area (Å²) in [7, 11) is 1.34. The minimum absolute atomic E-state index is 0.0727. The number of halogens is 2. The van der Waals surface area contributed by atoms with Gasteiger partial charge in [-0.2, -0.15) is 0 Å². The zero-order valence-corrected chi connectivity index (χ0v) is 17.6. The number of likely N-dealkylation sites (N-methyl/N-ethyl adjacent to an activating group) is 1. The number of amides is 2. The Morgan fingerprint density at radius 1 is 1.31 bits per heavy atom. The van der Waals surface area contributed by atoms with Crippen molar-refractivity contribution < 1.29 is 28.6 Å². The smallest absolute Gasteiger partial charge is 0.293 e. The Morgan fingerprint density at radius 3 is 2.59 bits per heavy atom. The number of anilines is 1. The molecule has 0 aliphatic carbocycles. The van der Waals surface area contributed by atoms with Crippen LogP contribution < -0.4 is 10.5 Å². The van der Waals surface area contributed by atoms with E-state index in [2.05, 4.69) is 15.9 Å². The van der Waals surface area contributed by atoms with Crippen LogP contribution in [0, 0.1) is 5.82 Å². The average molecular weight is 481 g/mol. The maximum atomic E-state index is 14.5. The Hall–Kier alpha value is -2.85. The van der Waals surface area contributed by atoms with E-state index in [1.165, 1.54) is 44.3 Å². The van der Waals surface area contributed by atoms with Gasteiger partial charge in [-0.05, 0) is 70.5 Å². The third kappa shape index (κ3) is 3.99. The van der Waals surface area contributed by atoms with E-state index in [0.717, 1.165) is 4.90 Å². The van der Waals surface area contributed by atoms with Gasteiger partial charge in [0, 0.05) is 12.7 Å². The summed E-state index contributed by atoms with van der Waals surface area (Å²) in [5, 5.41) is 9.69. The first kappa shape index (κ1) is 20.9. The number of hydrogen-bond acceptors (Lipinski definition) is 7. The number of thioether (sulfide) groups is 1. The van der Waals surface area contributed by atoms with Gasteiger partial charge in [0.25, 0.3) is 11.1 Å². The monoisotopic (exact) mass is 480 g/mol. The van der Waals surface area contributed by atoms with Gasteiger partial charge in [0.05, 0.1) is 14.9 Å². The standard InChI is InChI=1S/C19H14BrFN2O5S/c1-8(24)11-7-10(22)3-4-12(11)28-13-5-9(15(20)16(21)17(13)25)6-14-18(26)23(2)19(27)29-14/h3-7,25H,22H2,1-2H3/b14-6-. The van der Waals surface area contributed by atoms with E-state index in [-0.39, 0.29) is 37.8 Å². The lowest BCUT2D eigenvalue weighted by Gasteiger charge is -2.14. The van der Waals surface area contributed by atoms with E-state index in [9.17, 15) is 23.9 Å². The van der Waals surface area contributed by atoms with Crippen molar-refractivity contribution in [3.63, 3.8) is 0 Å². The Morgan fingerprint density at radius 2 is 2.00 bits per heavy atom. The van der Waals surface area contributed by atoms with Crippen LogP contribution in [0.2, 0.25) is 0 Å². The summed E-state index contributed by atoms with van der Waals surface area (Å²) >= 11 is 3.74. The number of nitrogens with zero attached hydrogens (tertiary/aromatic N) is 1. The molecule has 0 bridgehead atoms. The van der Waals surface area contributed by atoms with Gasteiger partial charge in [-0.1, -0.05) is 0 Å². The van der Waals surface area contributed by atoms with Crippen molar-refractivity contribution in [2.24, 2.45) is 0 Å². The number of phenolic OH excluding ortho intramolecular Hbond substituents is 1. The van der Waals surface area contributed by atoms with Crippen LogP contribution in [0.4, 0.5) is 14.9 Å². The fourth-order valence-electron chi connectivity index (χ4n) is 2.51. The van der Waals surface area contributed by atoms with Crippen LogP contribution in [0.1, 0.15) is 22.8 Å². The summed E-state index contributed by atoms with van der Waals surface area (Å²) in [6.07, 6.45) is 1.31. The molecule has 2 aromatic rings. The quantitative estimate of drug-likeness (QED) is 0.375. The van der Waals surface area contributed by atoms with Crippen LogP contribution in [0.15, 0.2) is 33.6 Å². The lowest BCUT2D eigenvalue weighted by atomic mass is 10.1. The molecule has 2 amide bonds. The summed E-state index contributed by atoms with van der Waals surface area (Å²) in [5.41, 5.74) is 6.34. The summed E-state index contributed by atoms with van der Waals surface area (Å²) < 4.78 is 20.0. The van der Waals surface area contributed by atoms with E-state index in [1.807, 2.05) is 0 Å². The number of phenols is 1. The third-order valence-corrected chi connectivity index (χ3v) is 5.82. The fourth-order valence-corrected chi connectivity index (χ4v) is 3.75. The molecule has 7 nitrogen and oxygen atoms in total.